The molecule has 0 saturated carbocycles. The van der Waals surface area contributed by atoms with Crippen molar-refractivity contribution in [3.63, 3.8) is 0 Å². The fraction of sp³-hybridized carbons (Fsp3) is 0.167. The molecular weight excluding hydrogens is 431 g/mol. The number of ether oxygens (including phenoxy) is 1. The van der Waals surface area contributed by atoms with E-state index in [1.807, 2.05) is 51.1 Å². The molecule has 4 heterocycles. The van der Waals surface area contributed by atoms with E-state index in [0.29, 0.717) is 27.2 Å². The summed E-state index contributed by atoms with van der Waals surface area (Å²) >= 11 is 12.5. The van der Waals surface area contributed by atoms with Gasteiger partial charge in [-0.25, -0.2) is 4.98 Å². The summed E-state index contributed by atoms with van der Waals surface area (Å²) in [7, 11) is 1.60. The van der Waals surface area contributed by atoms with Gasteiger partial charge in [0.1, 0.15) is 11.4 Å². The van der Waals surface area contributed by atoms with Crippen molar-refractivity contribution >= 4 is 23.2 Å². The van der Waals surface area contributed by atoms with Crippen LogP contribution in [-0.4, -0.2) is 27.0 Å². The molecule has 0 aliphatic heterocycles. The lowest BCUT2D eigenvalue weighted by molar-refractivity contribution is 0.416. The second-order valence-corrected chi connectivity index (χ2v) is 8.09. The number of aryl methyl sites for hydroxylation is 3. The monoisotopic (exact) mass is 450 g/mol. The SMILES string of the molecule is COc1c(-c2ncc(Cl)cc2Cl)ncc(-c2cccc(C)n2)c1-c1cc(C)cc(C)n1. The van der Waals surface area contributed by atoms with E-state index >= 15 is 0 Å². The normalized spacial score (nSPS) is 10.9. The van der Waals surface area contributed by atoms with E-state index in [1.54, 1.807) is 19.4 Å². The number of halogens is 2. The van der Waals surface area contributed by atoms with Gasteiger partial charge in [0.15, 0.2) is 5.75 Å². The van der Waals surface area contributed by atoms with Crippen molar-refractivity contribution < 1.29 is 4.74 Å². The minimum atomic E-state index is 0.388. The first-order valence-electron chi connectivity index (χ1n) is 9.65. The maximum Gasteiger partial charge on any atom is 0.156 e. The smallest absolute Gasteiger partial charge is 0.156 e. The van der Waals surface area contributed by atoms with Crippen molar-refractivity contribution in [1.29, 1.82) is 0 Å². The Morgan fingerprint density at radius 3 is 2.23 bits per heavy atom. The van der Waals surface area contributed by atoms with Gasteiger partial charge in [0.05, 0.1) is 34.1 Å². The molecule has 7 heteroatoms. The summed E-state index contributed by atoms with van der Waals surface area (Å²) in [6.45, 7) is 5.96. The highest BCUT2D eigenvalue weighted by atomic mass is 35.5. The number of nitrogens with zero attached hydrogens (tertiary/aromatic N) is 4. The molecule has 0 aliphatic rings. The van der Waals surface area contributed by atoms with Crippen LogP contribution in [0.1, 0.15) is 17.0 Å². The molecule has 0 saturated heterocycles. The van der Waals surface area contributed by atoms with Crippen LogP contribution in [0, 0.1) is 20.8 Å². The lowest BCUT2D eigenvalue weighted by Crippen LogP contribution is -2.02. The van der Waals surface area contributed by atoms with E-state index in [1.165, 1.54) is 6.20 Å². The van der Waals surface area contributed by atoms with Crippen LogP contribution >= 0.6 is 23.2 Å². The molecule has 31 heavy (non-hydrogen) atoms. The van der Waals surface area contributed by atoms with Crippen LogP contribution < -0.4 is 4.74 Å². The Kier molecular flexibility index (Phi) is 5.90. The van der Waals surface area contributed by atoms with Crippen molar-refractivity contribution in [2.45, 2.75) is 20.8 Å². The Balaban J connectivity index is 2.08. The Labute approximate surface area is 191 Å². The second-order valence-electron chi connectivity index (χ2n) is 7.25. The molecule has 0 aromatic carbocycles. The van der Waals surface area contributed by atoms with Gasteiger partial charge in [-0.15, -0.1) is 0 Å². The van der Waals surface area contributed by atoms with Crippen LogP contribution in [-0.2, 0) is 0 Å². The molecule has 0 radical (unpaired) electrons. The number of hydrogen-bond donors (Lipinski definition) is 0. The van der Waals surface area contributed by atoms with Crippen molar-refractivity contribution in [2.24, 2.45) is 0 Å². The Hall–Kier alpha value is -3.02. The van der Waals surface area contributed by atoms with Crippen molar-refractivity contribution in [2.75, 3.05) is 7.11 Å². The van der Waals surface area contributed by atoms with Gasteiger partial charge in [-0.2, -0.15) is 0 Å². The molecule has 0 fully saturated rings. The van der Waals surface area contributed by atoms with Gasteiger partial charge in [0, 0.05) is 29.3 Å². The third-order valence-corrected chi connectivity index (χ3v) is 5.28. The molecule has 5 nitrogen and oxygen atoms in total. The van der Waals surface area contributed by atoms with Gasteiger partial charge in [0.2, 0.25) is 0 Å². The first kappa shape index (κ1) is 21.2. The van der Waals surface area contributed by atoms with Crippen molar-refractivity contribution in [3.8, 4) is 39.7 Å². The number of aromatic nitrogens is 4. The van der Waals surface area contributed by atoms with Crippen LogP contribution in [0.25, 0.3) is 33.9 Å². The minimum Gasteiger partial charge on any atom is -0.494 e. The average Bonchev–Trinajstić information content (AvgIpc) is 2.72. The van der Waals surface area contributed by atoms with E-state index in [-0.39, 0.29) is 0 Å². The maximum atomic E-state index is 6.45. The third kappa shape index (κ3) is 4.24. The molecule has 0 amide bonds. The van der Waals surface area contributed by atoms with Crippen LogP contribution in [0.15, 0.2) is 48.8 Å². The van der Waals surface area contributed by atoms with Crippen molar-refractivity contribution in [3.05, 3.63) is 75.8 Å². The molecule has 0 aliphatic carbocycles. The molecule has 0 spiro atoms. The number of pyridine rings is 4. The zero-order chi connectivity index (χ0) is 22.1. The molecule has 0 bridgehead atoms. The number of methoxy groups -OCH3 is 1. The van der Waals surface area contributed by atoms with Gasteiger partial charge in [-0.1, -0.05) is 29.3 Å². The molecule has 4 rings (SSSR count). The second kappa shape index (κ2) is 8.61. The summed E-state index contributed by atoms with van der Waals surface area (Å²) in [5, 5.41) is 0.837. The molecule has 0 atom stereocenters. The van der Waals surface area contributed by atoms with Gasteiger partial charge < -0.3 is 4.74 Å². The van der Waals surface area contributed by atoms with E-state index in [0.717, 1.165) is 39.5 Å². The number of hydrogen-bond acceptors (Lipinski definition) is 5. The standard InChI is InChI=1S/C24H20Cl2N4O/c1-13-8-15(3)30-20(9-13)21-17(19-7-5-6-14(2)29-19)12-28-23(24(21)31-4)22-18(26)10-16(25)11-27-22/h5-12H,1-4H3. The topological polar surface area (TPSA) is 60.8 Å². The zero-order valence-electron chi connectivity index (χ0n) is 17.6. The predicted molar refractivity (Wildman–Crippen MR) is 125 cm³/mol. The third-order valence-electron chi connectivity index (χ3n) is 4.79. The summed E-state index contributed by atoms with van der Waals surface area (Å²) in [4.78, 5) is 18.5. The highest BCUT2D eigenvalue weighted by Gasteiger charge is 2.23. The average molecular weight is 451 g/mol. The first-order valence-corrected chi connectivity index (χ1v) is 10.4. The fourth-order valence-electron chi connectivity index (χ4n) is 3.56. The van der Waals surface area contributed by atoms with E-state index in [9.17, 15) is 0 Å². The van der Waals surface area contributed by atoms with Gasteiger partial charge >= 0.3 is 0 Å². The van der Waals surface area contributed by atoms with E-state index in [2.05, 4.69) is 9.97 Å². The summed E-state index contributed by atoms with van der Waals surface area (Å²) in [5.41, 5.74) is 7.04. The first-order chi connectivity index (χ1) is 14.9. The molecule has 0 unspecified atom stereocenters. The Morgan fingerprint density at radius 1 is 0.806 bits per heavy atom. The van der Waals surface area contributed by atoms with E-state index < -0.39 is 0 Å². The Morgan fingerprint density at radius 2 is 1.55 bits per heavy atom. The fourth-order valence-corrected chi connectivity index (χ4v) is 4.03. The Bertz CT molecular complexity index is 1270. The largest absolute Gasteiger partial charge is 0.494 e. The van der Waals surface area contributed by atoms with E-state index in [4.69, 9.17) is 37.9 Å². The molecule has 156 valence electrons. The van der Waals surface area contributed by atoms with Crippen LogP contribution in [0.5, 0.6) is 5.75 Å². The van der Waals surface area contributed by atoms with Crippen LogP contribution in [0.3, 0.4) is 0 Å². The highest BCUT2D eigenvalue weighted by Crippen LogP contribution is 2.44. The quantitative estimate of drug-likeness (QED) is 0.354. The van der Waals surface area contributed by atoms with Gasteiger partial charge in [-0.3, -0.25) is 15.0 Å². The molecule has 4 aromatic heterocycles. The maximum absolute atomic E-state index is 6.45. The summed E-state index contributed by atoms with van der Waals surface area (Å²) < 4.78 is 5.88. The molecule has 0 N–H and O–H groups in total. The summed E-state index contributed by atoms with van der Waals surface area (Å²) in [5.74, 6) is 0.523. The predicted octanol–water partition coefficient (Wildman–Crippen LogP) is 6.51. The summed E-state index contributed by atoms with van der Waals surface area (Å²) in [6, 6.07) is 11.5. The van der Waals surface area contributed by atoms with Gasteiger partial charge in [-0.05, 0) is 56.7 Å². The number of rotatable bonds is 4. The zero-order valence-corrected chi connectivity index (χ0v) is 19.1. The lowest BCUT2D eigenvalue weighted by atomic mass is 9.98. The minimum absolute atomic E-state index is 0.388. The van der Waals surface area contributed by atoms with Crippen LogP contribution in [0.4, 0.5) is 0 Å². The molecule has 4 aromatic rings. The summed E-state index contributed by atoms with van der Waals surface area (Å²) in [6.07, 6.45) is 3.30. The van der Waals surface area contributed by atoms with Gasteiger partial charge in [0.25, 0.3) is 0 Å². The van der Waals surface area contributed by atoms with Crippen molar-refractivity contribution in [1.82, 2.24) is 19.9 Å². The molecular formula is C24H20Cl2N4O. The van der Waals surface area contributed by atoms with Crippen LogP contribution in [0.2, 0.25) is 10.0 Å². The lowest BCUT2D eigenvalue weighted by Gasteiger charge is -2.18. The highest BCUT2D eigenvalue weighted by molar-refractivity contribution is 6.36.